The SMILES string of the molecule is c1ccc2c(c1)Cc1c-2ccc2c1Cc1cc3c(cc1-2)Cc1cccc2c4ccccc4n-3c12. The highest BCUT2D eigenvalue weighted by molar-refractivity contribution is 6.11. The zero-order valence-corrected chi connectivity index (χ0v) is 18.7. The third-order valence-corrected chi connectivity index (χ3v) is 8.47. The van der Waals surface area contributed by atoms with Gasteiger partial charge in [-0.2, -0.15) is 0 Å². The minimum absolute atomic E-state index is 1.00. The second kappa shape index (κ2) is 5.87. The summed E-state index contributed by atoms with van der Waals surface area (Å²) in [6, 6.07) is 34.4. The lowest BCUT2D eigenvalue weighted by Gasteiger charge is -2.22. The average molecular weight is 432 g/mol. The maximum absolute atomic E-state index is 2.53. The summed E-state index contributed by atoms with van der Waals surface area (Å²) < 4.78 is 2.53. The summed E-state index contributed by atoms with van der Waals surface area (Å²) in [4.78, 5) is 0. The molecule has 0 N–H and O–H groups in total. The van der Waals surface area contributed by atoms with Crippen LogP contribution in [0.1, 0.15) is 33.4 Å². The molecule has 158 valence electrons. The van der Waals surface area contributed by atoms with Gasteiger partial charge >= 0.3 is 0 Å². The summed E-state index contributed by atoms with van der Waals surface area (Å²) >= 11 is 0. The molecule has 0 fully saturated rings. The number of nitrogens with zero attached hydrogens (tertiary/aromatic N) is 1. The Labute approximate surface area is 197 Å². The maximum atomic E-state index is 2.53. The molecular weight excluding hydrogens is 410 g/mol. The number of rotatable bonds is 0. The molecule has 1 nitrogen and oxygen atoms in total. The number of hydrogen-bond acceptors (Lipinski definition) is 0. The fourth-order valence-electron chi connectivity index (χ4n) is 7.03. The van der Waals surface area contributed by atoms with Gasteiger partial charge in [0, 0.05) is 17.2 Å². The van der Waals surface area contributed by atoms with Crippen molar-refractivity contribution < 1.29 is 0 Å². The molecular formula is C33H21N. The van der Waals surface area contributed by atoms with Crippen LogP contribution in [0.15, 0.2) is 91.0 Å². The van der Waals surface area contributed by atoms with Crippen LogP contribution >= 0.6 is 0 Å². The summed E-state index contributed by atoms with van der Waals surface area (Å²) in [5.74, 6) is 0. The Morgan fingerprint density at radius 2 is 1.21 bits per heavy atom. The van der Waals surface area contributed by atoms with Gasteiger partial charge in [0.25, 0.3) is 0 Å². The highest BCUT2D eigenvalue weighted by atomic mass is 15.0. The molecule has 0 bridgehead atoms. The first-order valence-corrected chi connectivity index (χ1v) is 12.3. The molecule has 34 heavy (non-hydrogen) atoms. The van der Waals surface area contributed by atoms with Gasteiger partial charge in [-0.15, -0.1) is 0 Å². The zero-order chi connectivity index (χ0) is 22.0. The molecule has 5 aromatic carbocycles. The van der Waals surface area contributed by atoms with Crippen molar-refractivity contribution in [3.8, 4) is 27.9 Å². The highest BCUT2D eigenvalue weighted by Gasteiger charge is 2.30. The third kappa shape index (κ3) is 1.98. The normalized spacial score (nSPS) is 14.1. The predicted octanol–water partition coefficient (Wildman–Crippen LogP) is 7.83. The first kappa shape index (κ1) is 17.4. The Morgan fingerprint density at radius 1 is 0.471 bits per heavy atom. The highest BCUT2D eigenvalue weighted by Crippen LogP contribution is 2.48. The molecule has 0 amide bonds. The Kier molecular flexibility index (Phi) is 3.00. The van der Waals surface area contributed by atoms with Gasteiger partial charge in [0.1, 0.15) is 0 Å². The second-order valence-electron chi connectivity index (χ2n) is 10.1. The fourth-order valence-corrected chi connectivity index (χ4v) is 7.03. The van der Waals surface area contributed by atoms with Crippen molar-refractivity contribution in [3.63, 3.8) is 0 Å². The van der Waals surface area contributed by atoms with Gasteiger partial charge in [0.05, 0.1) is 16.7 Å². The molecule has 1 aromatic heterocycles. The summed E-state index contributed by atoms with van der Waals surface area (Å²) in [5.41, 5.74) is 18.8. The van der Waals surface area contributed by atoms with Gasteiger partial charge in [-0.25, -0.2) is 0 Å². The molecule has 0 atom stereocenters. The summed E-state index contributed by atoms with van der Waals surface area (Å²) in [5, 5.41) is 2.73. The summed E-state index contributed by atoms with van der Waals surface area (Å²) in [6.45, 7) is 0. The summed E-state index contributed by atoms with van der Waals surface area (Å²) in [6.07, 6.45) is 3.11. The van der Waals surface area contributed by atoms with E-state index in [4.69, 9.17) is 0 Å². The largest absolute Gasteiger partial charge is 0.309 e. The maximum Gasteiger partial charge on any atom is 0.0576 e. The van der Waals surface area contributed by atoms with Crippen LogP contribution in [0, 0.1) is 0 Å². The van der Waals surface area contributed by atoms with Gasteiger partial charge in [0.2, 0.25) is 0 Å². The van der Waals surface area contributed by atoms with Gasteiger partial charge < -0.3 is 4.57 Å². The van der Waals surface area contributed by atoms with Crippen molar-refractivity contribution in [2.45, 2.75) is 19.3 Å². The molecule has 1 heteroatoms. The van der Waals surface area contributed by atoms with Crippen molar-refractivity contribution in [2.75, 3.05) is 0 Å². The molecule has 6 aromatic rings. The first-order chi connectivity index (χ1) is 16.8. The van der Waals surface area contributed by atoms with Crippen LogP contribution in [-0.4, -0.2) is 4.57 Å². The second-order valence-corrected chi connectivity index (χ2v) is 10.1. The number of hydrogen-bond donors (Lipinski definition) is 0. The molecule has 0 spiro atoms. The molecule has 2 aliphatic carbocycles. The summed E-state index contributed by atoms with van der Waals surface area (Å²) in [7, 11) is 0. The van der Waals surface area contributed by atoms with Crippen LogP contribution < -0.4 is 0 Å². The van der Waals surface area contributed by atoms with Crippen LogP contribution in [-0.2, 0) is 19.3 Å². The lowest BCUT2D eigenvalue weighted by Crippen LogP contribution is -2.08. The van der Waals surface area contributed by atoms with Crippen LogP contribution in [0.2, 0.25) is 0 Å². The molecule has 2 heterocycles. The number of benzene rings is 5. The van der Waals surface area contributed by atoms with E-state index in [9.17, 15) is 0 Å². The van der Waals surface area contributed by atoms with E-state index < -0.39 is 0 Å². The Balaban J connectivity index is 1.29. The molecule has 1 aliphatic heterocycles. The van der Waals surface area contributed by atoms with Crippen molar-refractivity contribution in [3.05, 3.63) is 124 Å². The third-order valence-electron chi connectivity index (χ3n) is 8.47. The van der Waals surface area contributed by atoms with Gasteiger partial charge in [-0.3, -0.25) is 0 Å². The smallest absolute Gasteiger partial charge is 0.0576 e. The number of fused-ring (bicyclic) bond motifs is 12. The van der Waals surface area contributed by atoms with Crippen LogP contribution in [0.4, 0.5) is 0 Å². The molecule has 0 saturated heterocycles. The molecule has 9 rings (SSSR count). The average Bonchev–Trinajstić information content (AvgIpc) is 3.54. The quantitative estimate of drug-likeness (QED) is 0.231. The van der Waals surface area contributed by atoms with E-state index in [1.54, 1.807) is 11.1 Å². The first-order valence-electron chi connectivity index (χ1n) is 12.3. The number of para-hydroxylation sites is 2. The van der Waals surface area contributed by atoms with E-state index in [1.807, 2.05) is 0 Å². The number of aromatic nitrogens is 1. The Morgan fingerprint density at radius 3 is 2.15 bits per heavy atom. The lowest BCUT2D eigenvalue weighted by atomic mass is 9.93. The van der Waals surface area contributed by atoms with Crippen LogP contribution in [0.5, 0.6) is 0 Å². The molecule has 3 aliphatic rings. The van der Waals surface area contributed by atoms with E-state index in [1.165, 1.54) is 72.0 Å². The minimum atomic E-state index is 1.00. The van der Waals surface area contributed by atoms with Crippen LogP contribution in [0.25, 0.3) is 49.7 Å². The van der Waals surface area contributed by atoms with Gasteiger partial charge in [-0.05, 0) is 86.7 Å². The fraction of sp³-hybridized carbons (Fsp3) is 0.0909. The minimum Gasteiger partial charge on any atom is -0.309 e. The molecule has 0 radical (unpaired) electrons. The zero-order valence-electron chi connectivity index (χ0n) is 18.7. The van der Waals surface area contributed by atoms with E-state index in [0.717, 1.165) is 19.3 Å². The van der Waals surface area contributed by atoms with Gasteiger partial charge in [-0.1, -0.05) is 72.8 Å². The van der Waals surface area contributed by atoms with Crippen LogP contribution in [0.3, 0.4) is 0 Å². The van der Waals surface area contributed by atoms with Crippen molar-refractivity contribution in [2.24, 2.45) is 0 Å². The standard InChI is InChI=1S/C33H21N/c1-2-8-23-19(6-1)15-29-24(23)12-13-25-28-17-22-14-20-7-5-10-27-26-9-3-4-11-31(26)34(33(20)27)32(22)18-21(28)16-30(25)29/h1-13,17-18H,14-16H2. The molecule has 0 unspecified atom stereocenters. The van der Waals surface area contributed by atoms with E-state index >= 15 is 0 Å². The van der Waals surface area contributed by atoms with E-state index in [-0.39, 0.29) is 0 Å². The molecule has 0 saturated carbocycles. The van der Waals surface area contributed by atoms with Gasteiger partial charge in [0.15, 0.2) is 0 Å². The Bertz CT molecular complexity index is 1880. The van der Waals surface area contributed by atoms with E-state index in [0.29, 0.717) is 0 Å². The topological polar surface area (TPSA) is 4.93 Å². The van der Waals surface area contributed by atoms with E-state index in [2.05, 4.69) is 95.6 Å². The predicted molar refractivity (Wildman–Crippen MR) is 140 cm³/mol. The van der Waals surface area contributed by atoms with Crippen molar-refractivity contribution in [1.82, 2.24) is 4.57 Å². The van der Waals surface area contributed by atoms with Crippen molar-refractivity contribution in [1.29, 1.82) is 0 Å². The van der Waals surface area contributed by atoms with Crippen molar-refractivity contribution >= 4 is 21.8 Å². The Hall–Kier alpha value is -4.10. The lowest BCUT2D eigenvalue weighted by molar-refractivity contribution is 1.04. The monoisotopic (exact) mass is 431 g/mol.